The van der Waals surface area contributed by atoms with E-state index in [1.807, 2.05) is 20.8 Å². The smallest absolute Gasteiger partial charge is 0.255 e. The second kappa shape index (κ2) is 3.83. The van der Waals surface area contributed by atoms with Gasteiger partial charge in [-0.2, -0.15) is 0 Å². The third-order valence-corrected chi connectivity index (χ3v) is 2.07. The van der Waals surface area contributed by atoms with Crippen molar-refractivity contribution in [1.29, 1.82) is 0 Å². The summed E-state index contributed by atoms with van der Waals surface area (Å²) in [5.74, 6) is 0. The molecule has 14 heavy (non-hydrogen) atoms. The Labute approximate surface area is 92.5 Å². The predicted octanol–water partition coefficient (Wildman–Crippen LogP) is 2.81. The molecular formula is C9H10Cl2N2O. The Bertz CT molecular complexity index is 372. The second-order valence-corrected chi connectivity index (χ2v) is 4.61. The van der Waals surface area contributed by atoms with Gasteiger partial charge in [-0.3, -0.25) is 4.79 Å². The lowest BCUT2D eigenvalue weighted by Crippen LogP contribution is -2.18. The summed E-state index contributed by atoms with van der Waals surface area (Å²) in [7, 11) is 0. The standard InChI is InChI=1S/C9H10Cl2N2O/c1-9(2,3)6-5(7(10)14)4-12-8(11)13-6/h4H,1-3H3. The molecule has 0 saturated carbocycles. The van der Waals surface area contributed by atoms with Crippen LogP contribution in [0.25, 0.3) is 0 Å². The highest BCUT2D eigenvalue weighted by Crippen LogP contribution is 2.25. The fourth-order valence-corrected chi connectivity index (χ4v) is 1.35. The first kappa shape index (κ1) is 11.4. The van der Waals surface area contributed by atoms with Gasteiger partial charge in [-0.25, -0.2) is 9.97 Å². The highest BCUT2D eigenvalue weighted by atomic mass is 35.5. The molecule has 0 fully saturated rings. The van der Waals surface area contributed by atoms with Crippen LogP contribution in [0.2, 0.25) is 5.28 Å². The van der Waals surface area contributed by atoms with Crippen molar-refractivity contribution in [3.05, 3.63) is 22.7 Å². The monoisotopic (exact) mass is 232 g/mol. The lowest BCUT2D eigenvalue weighted by molar-refractivity contribution is 0.107. The number of nitrogens with zero attached hydrogens (tertiary/aromatic N) is 2. The van der Waals surface area contributed by atoms with E-state index >= 15 is 0 Å². The first-order chi connectivity index (χ1) is 6.32. The molecule has 0 aliphatic carbocycles. The van der Waals surface area contributed by atoms with Crippen LogP contribution in [0.15, 0.2) is 6.20 Å². The minimum Gasteiger partial charge on any atom is -0.275 e. The lowest BCUT2D eigenvalue weighted by Gasteiger charge is -2.19. The molecule has 1 aromatic rings. The predicted molar refractivity (Wildman–Crippen MR) is 55.9 cm³/mol. The van der Waals surface area contributed by atoms with Gasteiger partial charge in [0.05, 0.1) is 11.3 Å². The van der Waals surface area contributed by atoms with Crippen molar-refractivity contribution in [3.63, 3.8) is 0 Å². The number of carbonyl (C=O) groups is 1. The van der Waals surface area contributed by atoms with Crippen molar-refractivity contribution in [3.8, 4) is 0 Å². The van der Waals surface area contributed by atoms with E-state index in [4.69, 9.17) is 23.2 Å². The fourth-order valence-electron chi connectivity index (χ4n) is 1.08. The average molecular weight is 233 g/mol. The van der Waals surface area contributed by atoms with Gasteiger partial charge in [0.2, 0.25) is 5.28 Å². The van der Waals surface area contributed by atoms with Crippen LogP contribution in [-0.4, -0.2) is 15.2 Å². The van der Waals surface area contributed by atoms with E-state index in [0.717, 1.165) is 0 Å². The summed E-state index contributed by atoms with van der Waals surface area (Å²) in [5.41, 5.74) is 0.591. The van der Waals surface area contributed by atoms with Crippen LogP contribution in [0.3, 0.4) is 0 Å². The summed E-state index contributed by atoms with van der Waals surface area (Å²) < 4.78 is 0. The molecule has 0 aromatic carbocycles. The van der Waals surface area contributed by atoms with Crippen molar-refractivity contribution in [2.45, 2.75) is 26.2 Å². The molecule has 0 amide bonds. The van der Waals surface area contributed by atoms with Crippen LogP contribution in [0, 0.1) is 0 Å². The highest BCUT2D eigenvalue weighted by Gasteiger charge is 2.23. The van der Waals surface area contributed by atoms with Gasteiger partial charge in [0, 0.05) is 11.6 Å². The molecule has 3 nitrogen and oxygen atoms in total. The van der Waals surface area contributed by atoms with E-state index in [9.17, 15) is 4.79 Å². The highest BCUT2D eigenvalue weighted by molar-refractivity contribution is 6.67. The van der Waals surface area contributed by atoms with E-state index in [1.165, 1.54) is 6.20 Å². The van der Waals surface area contributed by atoms with Gasteiger partial charge < -0.3 is 0 Å². The number of carbonyl (C=O) groups excluding carboxylic acids is 1. The second-order valence-electron chi connectivity index (χ2n) is 3.93. The van der Waals surface area contributed by atoms with Crippen LogP contribution >= 0.6 is 23.2 Å². The molecular weight excluding hydrogens is 223 g/mol. The first-order valence-corrected chi connectivity index (χ1v) is 4.81. The maximum absolute atomic E-state index is 11.1. The minimum atomic E-state index is -0.563. The van der Waals surface area contributed by atoms with Gasteiger partial charge in [-0.05, 0) is 23.2 Å². The molecule has 76 valence electrons. The molecule has 1 heterocycles. The first-order valence-electron chi connectivity index (χ1n) is 4.05. The maximum Gasteiger partial charge on any atom is 0.255 e. The van der Waals surface area contributed by atoms with E-state index in [1.54, 1.807) is 0 Å². The van der Waals surface area contributed by atoms with Gasteiger partial charge in [-0.15, -0.1) is 0 Å². The number of halogens is 2. The normalized spacial score (nSPS) is 11.5. The largest absolute Gasteiger partial charge is 0.275 e. The lowest BCUT2D eigenvalue weighted by atomic mass is 9.89. The van der Waals surface area contributed by atoms with E-state index < -0.39 is 5.24 Å². The molecule has 0 aliphatic heterocycles. The van der Waals surface area contributed by atoms with Crippen molar-refractivity contribution < 1.29 is 4.79 Å². The molecule has 1 rings (SSSR count). The Morgan fingerprint density at radius 2 is 2.00 bits per heavy atom. The summed E-state index contributed by atoms with van der Waals surface area (Å²) in [6.07, 6.45) is 1.35. The molecule has 0 unspecified atom stereocenters. The van der Waals surface area contributed by atoms with Crippen molar-refractivity contribution in [1.82, 2.24) is 9.97 Å². The molecule has 0 aliphatic rings. The quantitative estimate of drug-likeness (QED) is 0.553. The van der Waals surface area contributed by atoms with Crippen molar-refractivity contribution >= 4 is 28.4 Å². The molecule has 5 heteroatoms. The summed E-state index contributed by atoms with van der Waals surface area (Å²) >= 11 is 11.1. The minimum absolute atomic E-state index is 0.122. The van der Waals surface area contributed by atoms with Gasteiger partial charge in [0.15, 0.2) is 0 Å². The molecule has 0 bridgehead atoms. The van der Waals surface area contributed by atoms with Crippen LogP contribution in [0.4, 0.5) is 0 Å². The van der Waals surface area contributed by atoms with Crippen LogP contribution in [-0.2, 0) is 5.41 Å². The SMILES string of the molecule is CC(C)(C)c1nc(Cl)ncc1C(=O)Cl. The average Bonchev–Trinajstić information content (AvgIpc) is 2.01. The van der Waals surface area contributed by atoms with E-state index in [-0.39, 0.29) is 10.7 Å². The maximum atomic E-state index is 11.1. The summed E-state index contributed by atoms with van der Waals surface area (Å²) in [5, 5.41) is -0.441. The Balaban J connectivity index is 3.38. The molecule has 0 spiro atoms. The third-order valence-electron chi connectivity index (χ3n) is 1.68. The molecule has 1 aromatic heterocycles. The topological polar surface area (TPSA) is 42.9 Å². The molecule has 0 atom stereocenters. The Morgan fingerprint density at radius 1 is 1.43 bits per heavy atom. The zero-order valence-electron chi connectivity index (χ0n) is 8.14. The van der Waals surface area contributed by atoms with Gasteiger partial charge in [-0.1, -0.05) is 20.8 Å². The van der Waals surface area contributed by atoms with Crippen LogP contribution < -0.4 is 0 Å². The van der Waals surface area contributed by atoms with Gasteiger partial charge >= 0.3 is 0 Å². The van der Waals surface area contributed by atoms with Crippen molar-refractivity contribution in [2.24, 2.45) is 0 Å². The number of rotatable bonds is 1. The molecule has 0 N–H and O–H groups in total. The van der Waals surface area contributed by atoms with Crippen LogP contribution in [0.5, 0.6) is 0 Å². The Morgan fingerprint density at radius 3 is 2.43 bits per heavy atom. The fraction of sp³-hybridized carbons (Fsp3) is 0.444. The molecule has 0 radical (unpaired) electrons. The van der Waals surface area contributed by atoms with E-state index in [0.29, 0.717) is 11.3 Å². The van der Waals surface area contributed by atoms with Crippen molar-refractivity contribution in [2.75, 3.05) is 0 Å². The summed E-state index contributed by atoms with van der Waals surface area (Å²) in [6.45, 7) is 5.78. The van der Waals surface area contributed by atoms with Gasteiger partial charge in [0.1, 0.15) is 0 Å². The Hall–Kier alpha value is -0.670. The van der Waals surface area contributed by atoms with Gasteiger partial charge in [0.25, 0.3) is 5.24 Å². The zero-order chi connectivity index (χ0) is 10.9. The number of aromatic nitrogens is 2. The summed E-state index contributed by atoms with van der Waals surface area (Å²) in [4.78, 5) is 18.8. The van der Waals surface area contributed by atoms with Crippen LogP contribution in [0.1, 0.15) is 36.8 Å². The summed E-state index contributed by atoms with van der Waals surface area (Å²) in [6, 6.07) is 0. The number of hydrogen-bond acceptors (Lipinski definition) is 3. The number of hydrogen-bond donors (Lipinski definition) is 0. The molecule has 0 saturated heterocycles. The van der Waals surface area contributed by atoms with E-state index in [2.05, 4.69) is 9.97 Å². The third kappa shape index (κ3) is 2.42. The Kier molecular flexibility index (Phi) is 3.12. The zero-order valence-corrected chi connectivity index (χ0v) is 9.65.